The summed E-state index contributed by atoms with van der Waals surface area (Å²) < 4.78 is 68.5. The lowest BCUT2D eigenvalue weighted by Crippen LogP contribution is -2.41. The van der Waals surface area contributed by atoms with Crippen molar-refractivity contribution in [3.05, 3.63) is 24.3 Å². The Morgan fingerprint density at radius 3 is 2.06 bits per heavy atom. The van der Waals surface area contributed by atoms with Crippen LogP contribution in [0, 0.1) is 0 Å². The topological polar surface area (TPSA) is 18.5 Å². The molecule has 0 amide bonds. The van der Waals surface area contributed by atoms with Crippen molar-refractivity contribution in [1.82, 2.24) is 0 Å². The van der Waals surface area contributed by atoms with Crippen LogP contribution in [0.2, 0.25) is 0 Å². The maximum atomic E-state index is 12.5. The monoisotopic (exact) mass is 242 g/mol. The van der Waals surface area contributed by atoms with E-state index in [1.165, 1.54) is 19.2 Å². The maximum Gasteiger partial charge on any atom is 0.499 e. The van der Waals surface area contributed by atoms with E-state index in [1.807, 2.05) is 0 Å². The Kier molecular flexibility index (Phi) is 3.25. The molecule has 0 aliphatic heterocycles. The van der Waals surface area contributed by atoms with Gasteiger partial charge in [-0.15, -0.1) is 0 Å². The molecule has 1 rings (SSSR count). The van der Waals surface area contributed by atoms with Crippen molar-refractivity contribution in [2.24, 2.45) is 0 Å². The molecule has 0 aliphatic rings. The van der Waals surface area contributed by atoms with Gasteiger partial charge in [0.1, 0.15) is 11.5 Å². The third kappa shape index (κ3) is 2.74. The number of ether oxygens (including phenoxy) is 2. The third-order valence-corrected chi connectivity index (χ3v) is 1.62. The molecule has 0 atom stereocenters. The molecule has 1 aromatic rings. The van der Waals surface area contributed by atoms with Gasteiger partial charge >= 0.3 is 12.3 Å². The van der Waals surface area contributed by atoms with E-state index in [-0.39, 0.29) is 5.75 Å². The van der Waals surface area contributed by atoms with Gasteiger partial charge in [-0.25, -0.2) is 0 Å². The van der Waals surface area contributed by atoms with Crippen molar-refractivity contribution in [2.75, 3.05) is 7.11 Å². The third-order valence-electron chi connectivity index (χ3n) is 1.62. The average Bonchev–Trinajstić information content (AvgIpc) is 2.15. The molecule has 0 unspecified atom stereocenters. The molecule has 16 heavy (non-hydrogen) atoms. The molecule has 0 aromatic heterocycles. The first kappa shape index (κ1) is 12.5. The first-order chi connectivity index (χ1) is 7.26. The number of methoxy groups -OCH3 is 1. The van der Waals surface area contributed by atoms with E-state index in [9.17, 15) is 22.0 Å². The molecule has 0 fully saturated rings. The second kappa shape index (κ2) is 4.15. The number of hydrogen-bond donors (Lipinski definition) is 0. The highest BCUT2D eigenvalue weighted by molar-refractivity contribution is 5.33. The van der Waals surface area contributed by atoms with Crippen LogP contribution in [0.1, 0.15) is 0 Å². The Labute approximate surface area is 87.6 Å². The predicted octanol–water partition coefficient (Wildman–Crippen LogP) is 3.23. The zero-order valence-electron chi connectivity index (χ0n) is 8.02. The summed E-state index contributed by atoms with van der Waals surface area (Å²) in [6.45, 7) is 0. The van der Waals surface area contributed by atoms with E-state index in [1.54, 1.807) is 0 Å². The minimum Gasteiger partial charge on any atom is -0.497 e. The number of benzene rings is 1. The van der Waals surface area contributed by atoms with Crippen LogP contribution in [-0.2, 0) is 0 Å². The van der Waals surface area contributed by atoms with Gasteiger partial charge in [-0.2, -0.15) is 22.0 Å². The molecule has 0 spiro atoms. The SMILES string of the molecule is COc1cccc(OC(F)(F)C(F)(F)F)c1. The van der Waals surface area contributed by atoms with Crippen LogP contribution in [-0.4, -0.2) is 19.4 Å². The second-order valence-electron chi connectivity index (χ2n) is 2.80. The second-order valence-corrected chi connectivity index (χ2v) is 2.80. The molecule has 2 nitrogen and oxygen atoms in total. The van der Waals surface area contributed by atoms with Gasteiger partial charge in [-0.3, -0.25) is 0 Å². The Morgan fingerprint density at radius 2 is 1.56 bits per heavy atom. The molecule has 0 N–H and O–H groups in total. The Hall–Kier alpha value is -1.53. The summed E-state index contributed by atoms with van der Waals surface area (Å²) in [6, 6.07) is 4.53. The summed E-state index contributed by atoms with van der Waals surface area (Å²) in [5.74, 6) is -0.503. The van der Waals surface area contributed by atoms with Crippen molar-refractivity contribution in [2.45, 2.75) is 12.3 Å². The molecule has 7 heteroatoms. The summed E-state index contributed by atoms with van der Waals surface area (Å²) in [4.78, 5) is 0. The van der Waals surface area contributed by atoms with E-state index in [0.29, 0.717) is 0 Å². The molecule has 0 heterocycles. The van der Waals surface area contributed by atoms with Crippen LogP contribution in [0.4, 0.5) is 22.0 Å². The van der Waals surface area contributed by atoms with Crippen LogP contribution in [0.5, 0.6) is 11.5 Å². The highest BCUT2D eigenvalue weighted by Crippen LogP contribution is 2.37. The maximum absolute atomic E-state index is 12.5. The van der Waals surface area contributed by atoms with Crippen molar-refractivity contribution in [3.8, 4) is 11.5 Å². The summed E-state index contributed by atoms with van der Waals surface area (Å²) in [5, 5.41) is 0. The van der Waals surface area contributed by atoms with Crippen molar-refractivity contribution >= 4 is 0 Å². The molecule has 0 saturated heterocycles. The lowest BCUT2D eigenvalue weighted by atomic mass is 10.3. The molecule has 1 aromatic carbocycles. The lowest BCUT2D eigenvalue weighted by molar-refractivity contribution is -0.360. The van der Waals surface area contributed by atoms with E-state index < -0.39 is 18.0 Å². The van der Waals surface area contributed by atoms with E-state index in [0.717, 1.165) is 12.1 Å². The first-order valence-electron chi connectivity index (χ1n) is 4.04. The van der Waals surface area contributed by atoms with E-state index >= 15 is 0 Å². The van der Waals surface area contributed by atoms with Crippen molar-refractivity contribution in [3.63, 3.8) is 0 Å². The van der Waals surface area contributed by atoms with Gasteiger partial charge in [0.05, 0.1) is 7.11 Å². The van der Waals surface area contributed by atoms with Crippen LogP contribution in [0.15, 0.2) is 24.3 Å². The van der Waals surface area contributed by atoms with Gasteiger partial charge in [0.15, 0.2) is 0 Å². The van der Waals surface area contributed by atoms with Crippen LogP contribution >= 0.6 is 0 Å². The van der Waals surface area contributed by atoms with Gasteiger partial charge in [-0.05, 0) is 12.1 Å². The molecular weight excluding hydrogens is 235 g/mol. The summed E-state index contributed by atoms with van der Waals surface area (Å²) in [7, 11) is 1.25. The van der Waals surface area contributed by atoms with Crippen LogP contribution in [0.3, 0.4) is 0 Å². The van der Waals surface area contributed by atoms with Gasteiger partial charge in [0.2, 0.25) is 0 Å². The standard InChI is InChI=1S/C9H7F5O2/c1-15-6-3-2-4-7(5-6)16-9(13,14)8(10,11)12/h2-5H,1H3. The minimum atomic E-state index is -5.75. The zero-order valence-corrected chi connectivity index (χ0v) is 8.02. The van der Waals surface area contributed by atoms with Crippen LogP contribution in [0.25, 0.3) is 0 Å². The highest BCUT2D eigenvalue weighted by Gasteiger charge is 2.61. The summed E-state index contributed by atoms with van der Waals surface area (Å²) in [5.41, 5.74) is 0. The Balaban J connectivity index is 2.88. The summed E-state index contributed by atoms with van der Waals surface area (Å²) >= 11 is 0. The smallest absolute Gasteiger partial charge is 0.497 e. The highest BCUT2D eigenvalue weighted by atomic mass is 19.4. The predicted molar refractivity (Wildman–Crippen MR) is 44.6 cm³/mol. The fraction of sp³-hybridized carbons (Fsp3) is 0.333. The van der Waals surface area contributed by atoms with Gasteiger partial charge in [0, 0.05) is 6.07 Å². The lowest BCUT2D eigenvalue weighted by Gasteiger charge is -2.20. The number of hydrogen-bond acceptors (Lipinski definition) is 2. The molecule has 0 radical (unpaired) electrons. The molecule has 90 valence electrons. The molecular formula is C9H7F5O2. The fourth-order valence-corrected chi connectivity index (χ4v) is 0.871. The zero-order chi connectivity index (χ0) is 12.4. The molecule has 0 bridgehead atoms. The van der Waals surface area contributed by atoms with Crippen LogP contribution < -0.4 is 9.47 Å². The first-order valence-corrected chi connectivity index (χ1v) is 4.04. The minimum absolute atomic E-state index is 0.121. The van der Waals surface area contributed by atoms with E-state index in [4.69, 9.17) is 0 Å². The van der Waals surface area contributed by atoms with Gasteiger partial charge in [-0.1, -0.05) is 6.07 Å². The van der Waals surface area contributed by atoms with E-state index in [2.05, 4.69) is 9.47 Å². The fourth-order valence-electron chi connectivity index (χ4n) is 0.871. The summed E-state index contributed by atoms with van der Waals surface area (Å²) in [6.07, 6.45) is -11.0. The van der Waals surface area contributed by atoms with Crippen molar-refractivity contribution < 1.29 is 31.4 Å². The normalized spacial score (nSPS) is 12.4. The Bertz CT molecular complexity index is 361. The van der Waals surface area contributed by atoms with Gasteiger partial charge < -0.3 is 9.47 Å². The molecule has 0 aliphatic carbocycles. The van der Waals surface area contributed by atoms with Crippen molar-refractivity contribution in [1.29, 1.82) is 0 Å². The molecule has 0 saturated carbocycles. The number of alkyl halides is 5. The largest absolute Gasteiger partial charge is 0.499 e. The average molecular weight is 242 g/mol. The van der Waals surface area contributed by atoms with Gasteiger partial charge in [0.25, 0.3) is 0 Å². The number of halogens is 5. The Morgan fingerprint density at radius 1 is 1.00 bits per heavy atom. The number of rotatable bonds is 3. The quantitative estimate of drug-likeness (QED) is 0.757.